The normalized spacial score (nSPS) is 12.1. The Morgan fingerprint density at radius 3 is 2.67 bits per heavy atom. The summed E-state index contributed by atoms with van der Waals surface area (Å²) in [5.74, 6) is -0.847. The third-order valence-electron chi connectivity index (χ3n) is 4.66. The van der Waals surface area contributed by atoms with Crippen LogP contribution in [-0.2, 0) is 9.53 Å². The van der Waals surface area contributed by atoms with Crippen LogP contribution in [0.2, 0.25) is 0 Å². The monoisotopic (exact) mass is 439 g/mol. The van der Waals surface area contributed by atoms with Gasteiger partial charge in [-0.1, -0.05) is 53.8 Å². The SMILES string of the molecule is CC(NC(=O)COC(=O)c1cc2sc(N(C)C)nc2s1)c1cccc2ccccc12. The Hall–Kier alpha value is -2.97. The zero-order chi connectivity index (χ0) is 21.3. The first-order chi connectivity index (χ1) is 14.4. The molecule has 2 aromatic heterocycles. The van der Waals surface area contributed by atoms with E-state index in [9.17, 15) is 9.59 Å². The number of fused-ring (bicyclic) bond motifs is 2. The lowest BCUT2D eigenvalue weighted by Gasteiger charge is -2.16. The highest BCUT2D eigenvalue weighted by Crippen LogP contribution is 2.34. The van der Waals surface area contributed by atoms with Crippen molar-refractivity contribution in [3.8, 4) is 0 Å². The first kappa shape index (κ1) is 20.3. The summed E-state index contributed by atoms with van der Waals surface area (Å²) in [5, 5.41) is 6.00. The standard InChI is InChI=1S/C22H21N3O3S2/c1-13(15-10-6-8-14-7-4-5-9-16(14)15)23-19(26)12-28-21(27)18-11-17-20(29-18)24-22(30-17)25(2)3/h4-11,13H,12H2,1-3H3,(H,23,26). The van der Waals surface area contributed by atoms with Gasteiger partial charge in [0.25, 0.3) is 5.91 Å². The maximum absolute atomic E-state index is 12.3. The minimum absolute atomic E-state index is 0.206. The number of esters is 1. The molecular weight excluding hydrogens is 418 g/mol. The lowest BCUT2D eigenvalue weighted by molar-refractivity contribution is -0.124. The summed E-state index contributed by atoms with van der Waals surface area (Å²) in [4.78, 5) is 32.3. The number of rotatable bonds is 6. The topological polar surface area (TPSA) is 71.5 Å². The van der Waals surface area contributed by atoms with E-state index in [1.165, 1.54) is 22.7 Å². The Balaban J connectivity index is 1.37. The molecule has 2 heterocycles. The van der Waals surface area contributed by atoms with Gasteiger partial charge in [-0.2, -0.15) is 0 Å². The Morgan fingerprint density at radius 2 is 1.90 bits per heavy atom. The first-order valence-corrected chi connectivity index (χ1v) is 11.1. The van der Waals surface area contributed by atoms with E-state index >= 15 is 0 Å². The minimum Gasteiger partial charge on any atom is -0.451 e. The van der Waals surface area contributed by atoms with Crippen molar-refractivity contribution in [3.63, 3.8) is 0 Å². The van der Waals surface area contributed by atoms with Crippen molar-refractivity contribution in [2.45, 2.75) is 13.0 Å². The van der Waals surface area contributed by atoms with E-state index < -0.39 is 5.97 Å². The summed E-state index contributed by atoms with van der Waals surface area (Å²) < 4.78 is 6.15. The molecule has 1 atom stereocenters. The molecule has 154 valence electrons. The summed E-state index contributed by atoms with van der Waals surface area (Å²) in [6, 6.07) is 15.6. The maximum Gasteiger partial charge on any atom is 0.348 e. The molecule has 8 heteroatoms. The van der Waals surface area contributed by atoms with Crippen molar-refractivity contribution in [1.82, 2.24) is 10.3 Å². The molecule has 0 fully saturated rings. The van der Waals surface area contributed by atoms with Gasteiger partial charge >= 0.3 is 5.97 Å². The average Bonchev–Trinajstić information content (AvgIpc) is 3.31. The Kier molecular flexibility index (Phi) is 5.69. The second-order valence-electron chi connectivity index (χ2n) is 7.10. The van der Waals surface area contributed by atoms with Gasteiger partial charge in [0.15, 0.2) is 11.7 Å². The highest BCUT2D eigenvalue weighted by molar-refractivity contribution is 7.29. The number of carbonyl (C=O) groups excluding carboxylic acids is 2. The lowest BCUT2D eigenvalue weighted by Crippen LogP contribution is -2.31. The Bertz CT molecular complexity index is 1190. The van der Waals surface area contributed by atoms with Crippen molar-refractivity contribution in [2.75, 3.05) is 25.6 Å². The van der Waals surface area contributed by atoms with Gasteiger partial charge in [0.2, 0.25) is 0 Å². The van der Waals surface area contributed by atoms with Crippen LogP contribution in [-0.4, -0.2) is 37.6 Å². The van der Waals surface area contributed by atoms with Gasteiger partial charge in [-0.3, -0.25) is 4.79 Å². The van der Waals surface area contributed by atoms with E-state index in [0.29, 0.717) is 4.88 Å². The number of aromatic nitrogens is 1. The highest BCUT2D eigenvalue weighted by Gasteiger charge is 2.18. The molecule has 4 aromatic rings. The molecule has 4 rings (SSSR count). The molecule has 30 heavy (non-hydrogen) atoms. The molecule has 2 aromatic carbocycles. The van der Waals surface area contributed by atoms with Crippen LogP contribution in [0, 0.1) is 0 Å². The van der Waals surface area contributed by atoms with E-state index in [-0.39, 0.29) is 18.6 Å². The number of thiazole rings is 1. The predicted molar refractivity (Wildman–Crippen MR) is 123 cm³/mol. The van der Waals surface area contributed by atoms with Crippen LogP contribution in [0.5, 0.6) is 0 Å². The number of carbonyl (C=O) groups is 2. The zero-order valence-corrected chi connectivity index (χ0v) is 18.5. The second-order valence-corrected chi connectivity index (χ2v) is 9.14. The number of hydrogen-bond acceptors (Lipinski definition) is 7. The molecule has 0 saturated carbocycles. The van der Waals surface area contributed by atoms with Gasteiger partial charge in [-0.05, 0) is 29.3 Å². The summed E-state index contributed by atoms with van der Waals surface area (Å²) in [7, 11) is 3.85. The number of hydrogen-bond donors (Lipinski definition) is 1. The molecule has 0 aliphatic carbocycles. The Labute approximate surface area is 182 Å². The first-order valence-electron chi connectivity index (χ1n) is 9.44. The van der Waals surface area contributed by atoms with Crippen molar-refractivity contribution in [3.05, 3.63) is 59.0 Å². The molecule has 0 saturated heterocycles. The third-order valence-corrected chi connectivity index (χ3v) is 6.97. The van der Waals surface area contributed by atoms with Crippen molar-refractivity contribution in [1.29, 1.82) is 0 Å². The fourth-order valence-electron chi connectivity index (χ4n) is 3.21. The molecule has 0 aliphatic rings. The number of nitrogens with one attached hydrogen (secondary N) is 1. The lowest BCUT2D eigenvalue weighted by atomic mass is 10.00. The number of thiophene rings is 1. The maximum atomic E-state index is 12.3. The van der Waals surface area contributed by atoms with Gasteiger partial charge in [0.05, 0.1) is 10.7 Å². The van der Waals surface area contributed by atoms with E-state index in [4.69, 9.17) is 4.74 Å². The second kappa shape index (κ2) is 8.41. The van der Waals surface area contributed by atoms with E-state index in [1.54, 1.807) is 6.07 Å². The van der Waals surface area contributed by atoms with E-state index in [0.717, 1.165) is 31.0 Å². The fourth-order valence-corrected chi connectivity index (χ4v) is 5.23. The number of benzene rings is 2. The molecule has 1 unspecified atom stereocenters. The van der Waals surface area contributed by atoms with Gasteiger partial charge < -0.3 is 15.0 Å². The smallest absolute Gasteiger partial charge is 0.348 e. The molecule has 6 nitrogen and oxygen atoms in total. The molecule has 1 N–H and O–H groups in total. The number of anilines is 1. The van der Waals surface area contributed by atoms with Gasteiger partial charge in [-0.15, -0.1) is 11.3 Å². The molecular formula is C22H21N3O3S2. The summed E-state index contributed by atoms with van der Waals surface area (Å²) >= 11 is 2.79. The molecule has 0 spiro atoms. The largest absolute Gasteiger partial charge is 0.451 e. The average molecular weight is 440 g/mol. The van der Waals surface area contributed by atoms with Crippen LogP contribution in [0.15, 0.2) is 48.5 Å². The minimum atomic E-state index is -0.510. The number of amides is 1. The van der Waals surface area contributed by atoms with E-state index in [2.05, 4.69) is 10.3 Å². The predicted octanol–water partition coefficient (Wildman–Crippen LogP) is 4.61. The Morgan fingerprint density at radius 1 is 1.13 bits per heavy atom. The van der Waals surface area contributed by atoms with Crippen molar-refractivity contribution < 1.29 is 14.3 Å². The molecule has 0 radical (unpaired) electrons. The fraction of sp³-hybridized carbons (Fsp3) is 0.227. The van der Waals surface area contributed by atoms with Crippen LogP contribution in [0.4, 0.5) is 5.13 Å². The third kappa shape index (κ3) is 4.15. The van der Waals surface area contributed by atoms with Crippen LogP contribution in [0.25, 0.3) is 20.3 Å². The molecule has 0 bridgehead atoms. The van der Waals surface area contributed by atoms with Gasteiger partial charge in [-0.25, -0.2) is 9.78 Å². The van der Waals surface area contributed by atoms with Crippen LogP contribution < -0.4 is 10.2 Å². The molecule has 0 aliphatic heterocycles. The molecule has 1 amide bonds. The van der Waals surface area contributed by atoms with Gasteiger partial charge in [0.1, 0.15) is 9.71 Å². The van der Waals surface area contributed by atoms with E-state index in [1.807, 2.05) is 68.4 Å². The summed E-state index contributed by atoms with van der Waals surface area (Å²) in [5.41, 5.74) is 1.02. The number of nitrogens with zero attached hydrogens (tertiary/aromatic N) is 2. The highest BCUT2D eigenvalue weighted by atomic mass is 32.1. The van der Waals surface area contributed by atoms with Crippen LogP contribution in [0.1, 0.15) is 28.2 Å². The van der Waals surface area contributed by atoms with Crippen LogP contribution >= 0.6 is 22.7 Å². The quantitative estimate of drug-likeness (QED) is 0.444. The number of ether oxygens (including phenoxy) is 1. The van der Waals surface area contributed by atoms with Crippen molar-refractivity contribution in [2.24, 2.45) is 0 Å². The van der Waals surface area contributed by atoms with Crippen molar-refractivity contribution >= 4 is 60.0 Å². The van der Waals surface area contributed by atoms with Crippen LogP contribution in [0.3, 0.4) is 0 Å². The zero-order valence-electron chi connectivity index (χ0n) is 16.8. The summed E-state index contributed by atoms with van der Waals surface area (Å²) in [6.07, 6.45) is 0. The summed E-state index contributed by atoms with van der Waals surface area (Å²) in [6.45, 7) is 1.60. The van der Waals surface area contributed by atoms with Gasteiger partial charge in [0, 0.05) is 14.1 Å².